The highest BCUT2D eigenvalue weighted by atomic mass is 79.9. The predicted molar refractivity (Wildman–Crippen MR) is 86.8 cm³/mol. The van der Waals surface area contributed by atoms with Gasteiger partial charge in [-0.1, -0.05) is 0 Å². The van der Waals surface area contributed by atoms with E-state index in [-0.39, 0.29) is 0 Å². The van der Waals surface area contributed by atoms with Crippen LogP contribution >= 0.6 is 15.9 Å². The van der Waals surface area contributed by atoms with Crippen molar-refractivity contribution in [2.24, 2.45) is 7.05 Å². The smallest absolute Gasteiger partial charge is 0.143 e. The van der Waals surface area contributed by atoms with Crippen LogP contribution in [0, 0.1) is 6.92 Å². The highest BCUT2D eigenvalue weighted by molar-refractivity contribution is 9.10. The number of aromatic nitrogens is 1. The Kier molecular flexibility index (Phi) is 3.78. The number of nitrogens with zero attached hydrogens (tertiary/aromatic N) is 1. The van der Waals surface area contributed by atoms with Crippen LogP contribution < -0.4 is 10.1 Å². The van der Waals surface area contributed by atoms with Gasteiger partial charge in [-0.2, -0.15) is 0 Å². The van der Waals surface area contributed by atoms with Gasteiger partial charge in [0.2, 0.25) is 0 Å². The highest BCUT2D eigenvalue weighted by Gasteiger charge is 2.24. The van der Waals surface area contributed by atoms with Crippen LogP contribution in [0.1, 0.15) is 30.0 Å². The van der Waals surface area contributed by atoms with Gasteiger partial charge in [0.05, 0.1) is 12.6 Å². The number of aryl methyl sites for hydroxylation is 2. The van der Waals surface area contributed by atoms with Gasteiger partial charge < -0.3 is 14.6 Å². The van der Waals surface area contributed by atoms with E-state index in [1.165, 1.54) is 39.5 Å². The minimum absolute atomic E-state index is 0.619. The van der Waals surface area contributed by atoms with Gasteiger partial charge in [0.15, 0.2) is 0 Å². The number of piperidine rings is 1. The molecule has 0 atom stereocenters. The predicted octanol–water partition coefficient (Wildman–Crippen LogP) is 3.72. The van der Waals surface area contributed by atoms with Gasteiger partial charge >= 0.3 is 0 Å². The van der Waals surface area contributed by atoms with Crippen LogP contribution in [0.25, 0.3) is 10.9 Å². The first-order chi connectivity index (χ1) is 9.63. The van der Waals surface area contributed by atoms with Crippen molar-refractivity contribution >= 4 is 26.8 Å². The Hall–Kier alpha value is -1.00. The second-order valence-electron chi connectivity index (χ2n) is 5.65. The number of halogens is 1. The number of hydrogen-bond donors (Lipinski definition) is 1. The Bertz CT molecular complexity index is 642. The fourth-order valence-electron chi connectivity index (χ4n) is 3.37. The molecule has 1 fully saturated rings. The third kappa shape index (κ3) is 2.15. The van der Waals surface area contributed by atoms with Gasteiger partial charge in [0, 0.05) is 28.5 Å². The molecule has 0 unspecified atom stereocenters. The number of hydrogen-bond acceptors (Lipinski definition) is 2. The second kappa shape index (κ2) is 5.41. The van der Waals surface area contributed by atoms with Crippen LogP contribution in [0.5, 0.6) is 5.75 Å². The lowest BCUT2D eigenvalue weighted by molar-refractivity contribution is 0.416. The second-order valence-corrected chi connectivity index (χ2v) is 6.44. The van der Waals surface area contributed by atoms with Crippen LogP contribution in [-0.2, 0) is 7.05 Å². The quantitative estimate of drug-likeness (QED) is 0.904. The fraction of sp³-hybridized carbons (Fsp3) is 0.500. The molecule has 1 aromatic heterocycles. The van der Waals surface area contributed by atoms with E-state index in [9.17, 15) is 0 Å². The van der Waals surface area contributed by atoms with Crippen LogP contribution in [0.15, 0.2) is 16.6 Å². The molecule has 4 heteroatoms. The van der Waals surface area contributed by atoms with E-state index in [1.54, 1.807) is 7.11 Å². The maximum Gasteiger partial charge on any atom is 0.143 e. The summed E-state index contributed by atoms with van der Waals surface area (Å²) in [5.74, 6) is 1.58. The van der Waals surface area contributed by atoms with Crippen molar-refractivity contribution in [3.8, 4) is 5.75 Å². The van der Waals surface area contributed by atoms with Crippen molar-refractivity contribution in [2.75, 3.05) is 20.2 Å². The van der Waals surface area contributed by atoms with Gasteiger partial charge in [0.25, 0.3) is 0 Å². The van der Waals surface area contributed by atoms with Crippen LogP contribution in [0.4, 0.5) is 0 Å². The van der Waals surface area contributed by atoms with Gasteiger partial charge in [-0.15, -0.1) is 0 Å². The molecule has 3 nitrogen and oxygen atoms in total. The first-order valence-electron chi connectivity index (χ1n) is 7.16. The summed E-state index contributed by atoms with van der Waals surface area (Å²) < 4.78 is 9.14. The summed E-state index contributed by atoms with van der Waals surface area (Å²) in [6.45, 7) is 4.33. The first-order valence-corrected chi connectivity index (χ1v) is 7.96. The maximum absolute atomic E-state index is 5.59. The van der Waals surface area contributed by atoms with Crippen LogP contribution in [-0.4, -0.2) is 24.8 Å². The van der Waals surface area contributed by atoms with E-state index in [4.69, 9.17) is 4.74 Å². The van der Waals surface area contributed by atoms with Crippen molar-refractivity contribution in [3.05, 3.63) is 27.9 Å². The third-order valence-corrected chi connectivity index (χ3v) is 5.16. The van der Waals surface area contributed by atoms with E-state index >= 15 is 0 Å². The molecule has 0 saturated carbocycles. The Morgan fingerprint density at radius 1 is 1.30 bits per heavy atom. The van der Waals surface area contributed by atoms with Crippen LogP contribution in [0.2, 0.25) is 0 Å². The molecule has 1 aromatic carbocycles. The zero-order chi connectivity index (χ0) is 14.3. The molecule has 20 heavy (non-hydrogen) atoms. The normalized spacial score (nSPS) is 16.8. The summed E-state index contributed by atoms with van der Waals surface area (Å²) in [6, 6.07) is 4.35. The molecule has 0 amide bonds. The Balaban J connectivity index is 2.23. The van der Waals surface area contributed by atoms with Gasteiger partial charge in [0.1, 0.15) is 5.75 Å². The summed E-state index contributed by atoms with van der Waals surface area (Å²) in [4.78, 5) is 0. The zero-order valence-corrected chi connectivity index (χ0v) is 13.9. The largest absolute Gasteiger partial charge is 0.495 e. The Labute approximate surface area is 128 Å². The fourth-order valence-corrected chi connectivity index (χ4v) is 4.26. The lowest BCUT2D eigenvalue weighted by atomic mass is 9.94. The number of nitrogens with one attached hydrogen (secondary N) is 1. The molecule has 0 radical (unpaired) electrons. The minimum Gasteiger partial charge on any atom is -0.495 e. The van der Waals surface area contributed by atoms with Gasteiger partial charge in [-0.25, -0.2) is 0 Å². The van der Waals surface area contributed by atoms with E-state index in [2.05, 4.69) is 51.9 Å². The first kappa shape index (κ1) is 14.0. The third-order valence-electron chi connectivity index (χ3n) is 4.32. The number of rotatable bonds is 2. The molecular weight excluding hydrogens is 316 g/mol. The highest BCUT2D eigenvalue weighted by Crippen LogP contribution is 2.41. The van der Waals surface area contributed by atoms with Crippen molar-refractivity contribution < 1.29 is 4.74 Å². The van der Waals surface area contributed by atoms with Crippen molar-refractivity contribution in [2.45, 2.75) is 25.7 Å². The number of ether oxygens (including phenoxy) is 1. The zero-order valence-electron chi connectivity index (χ0n) is 12.3. The topological polar surface area (TPSA) is 26.2 Å². The van der Waals surface area contributed by atoms with E-state index in [0.717, 1.165) is 18.8 Å². The van der Waals surface area contributed by atoms with Crippen molar-refractivity contribution in [1.82, 2.24) is 9.88 Å². The molecule has 0 bridgehead atoms. The summed E-state index contributed by atoms with van der Waals surface area (Å²) in [7, 11) is 3.90. The van der Waals surface area contributed by atoms with E-state index in [0.29, 0.717) is 5.92 Å². The average Bonchev–Trinajstić information content (AvgIpc) is 2.71. The molecule has 1 aliphatic rings. The molecule has 3 rings (SSSR count). The number of benzene rings is 1. The molecule has 1 N–H and O–H groups in total. The van der Waals surface area contributed by atoms with E-state index < -0.39 is 0 Å². The van der Waals surface area contributed by atoms with Crippen LogP contribution in [0.3, 0.4) is 0 Å². The summed E-state index contributed by atoms with van der Waals surface area (Å²) in [5.41, 5.74) is 3.83. The summed E-state index contributed by atoms with van der Waals surface area (Å²) in [6.07, 6.45) is 2.40. The molecule has 1 saturated heterocycles. The standard InChI is InChI=1S/C16H21BrN2O/c1-10-8-12-14(17)15(11-4-6-18-7-5-11)19(2)16(12)13(9-10)20-3/h8-9,11,18H,4-7H2,1-3H3. The summed E-state index contributed by atoms with van der Waals surface area (Å²) in [5, 5.41) is 4.70. The van der Waals surface area contributed by atoms with Crippen molar-refractivity contribution in [1.29, 1.82) is 0 Å². The molecule has 1 aliphatic heterocycles. The Morgan fingerprint density at radius 2 is 2.00 bits per heavy atom. The van der Waals surface area contributed by atoms with E-state index in [1.807, 2.05) is 0 Å². The maximum atomic E-state index is 5.59. The molecular formula is C16H21BrN2O. The summed E-state index contributed by atoms with van der Waals surface area (Å²) >= 11 is 3.84. The lowest BCUT2D eigenvalue weighted by Crippen LogP contribution is -2.27. The lowest BCUT2D eigenvalue weighted by Gasteiger charge is -2.24. The molecule has 2 aromatic rings. The number of methoxy groups -OCH3 is 1. The van der Waals surface area contributed by atoms with Gasteiger partial charge in [-0.05, 0) is 66.5 Å². The average molecular weight is 337 g/mol. The molecule has 108 valence electrons. The SMILES string of the molecule is COc1cc(C)cc2c(Br)c(C3CCNCC3)n(C)c12. The monoisotopic (exact) mass is 336 g/mol. The molecule has 0 aliphatic carbocycles. The Morgan fingerprint density at radius 3 is 2.65 bits per heavy atom. The molecule has 0 spiro atoms. The van der Waals surface area contributed by atoms with Gasteiger partial charge in [-0.3, -0.25) is 0 Å². The minimum atomic E-state index is 0.619. The number of fused-ring (bicyclic) bond motifs is 1. The van der Waals surface area contributed by atoms with Crippen molar-refractivity contribution in [3.63, 3.8) is 0 Å². The molecule has 2 heterocycles.